The van der Waals surface area contributed by atoms with Gasteiger partial charge in [-0.3, -0.25) is 4.79 Å². The molecule has 3 nitrogen and oxygen atoms in total. The molecule has 1 saturated heterocycles. The summed E-state index contributed by atoms with van der Waals surface area (Å²) in [4.78, 5) is 15.9. The van der Waals surface area contributed by atoms with Crippen molar-refractivity contribution in [2.45, 2.75) is 13.5 Å². The zero-order valence-electron chi connectivity index (χ0n) is 13.7. The van der Waals surface area contributed by atoms with E-state index in [9.17, 15) is 9.18 Å². The van der Waals surface area contributed by atoms with Crippen LogP contribution in [0.15, 0.2) is 46.9 Å². The summed E-state index contributed by atoms with van der Waals surface area (Å²) in [5, 5.41) is 0. The number of aryl methyl sites for hydroxylation is 1. The van der Waals surface area contributed by atoms with Crippen LogP contribution < -0.4 is 4.90 Å². The Balaban J connectivity index is 1.61. The molecule has 0 spiro atoms. The van der Waals surface area contributed by atoms with Crippen molar-refractivity contribution in [1.82, 2.24) is 4.90 Å². The van der Waals surface area contributed by atoms with Gasteiger partial charge in [-0.15, -0.1) is 0 Å². The molecule has 1 N–H and O–H groups in total. The second kappa shape index (κ2) is 7.45. The number of hydrogen-bond donors (Lipinski definition) is 1. The zero-order chi connectivity index (χ0) is 17.1. The molecule has 0 atom stereocenters. The maximum Gasteiger partial charge on any atom is 0.255 e. The highest BCUT2D eigenvalue weighted by Crippen LogP contribution is 2.19. The van der Waals surface area contributed by atoms with Gasteiger partial charge in [-0.1, -0.05) is 24.3 Å². The molecule has 1 aliphatic rings. The van der Waals surface area contributed by atoms with Crippen LogP contribution in [0.5, 0.6) is 0 Å². The Kier molecular flexibility index (Phi) is 5.31. The second-order valence-corrected chi connectivity index (χ2v) is 7.12. The van der Waals surface area contributed by atoms with Gasteiger partial charge >= 0.3 is 0 Å². The van der Waals surface area contributed by atoms with Crippen LogP contribution in [0.4, 0.5) is 4.39 Å². The fourth-order valence-electron chi connectivity index (χ4n) is 3.11. The molecular formula is C19H21BrFN2O+. The number of rotatable bonds is 3. The van der Waals surface area contributed by atoms with Crippen molar-refractivity contribution in [2.75, 3.05) is 26.2 Å². The van der Waals surface area contributed by atoms with Crippen molar-refractivity contribution in [2.24, 2.45) is 0 Å². The van der Waals surface area contributed by atoms with E-state index in [-0.39, 0.29) is 11.7 Å². The summed E-state index contributed by atoms with van der Waals surface area (Å²) in [5.41, 5.74) is 3.07. The highest BCUT2D eigenvalue weighted by atomic mass is 79.9. The van der Waals surface area contributed by atoms with Gasteiger partial charge in [0.1, 0.15) is 12.4 Å². The third-order valence-electron chi connectivity index (χ3n) is 4.62. The lowest BCUT2D eigenvalue weighted by atomic mass is 10.1. The molecule has 1 aliphatic heterocycles. The van der Waals surface area contributed by atoms with E-state index in [0.29, 0.717) is 23.1 Å². The lowest BCUT2D eigenvalue weighted by Crippen LogP contribution is -3.13. The predicted octanol–water partition coefficient (Wildman–Crippen LogP) is 2.44. The lowest BCUT2D eigenvalue weighted by molar-refractivity contribution is -0.917. The van der Waals surface area contributed by atoms with E-state index in [1.807, 2.05) is 4.90 Å². The van der Waals surface area contributed by atoms with Crippen LogP contribution in [0.3, 0.4) is 0 Å². The molecule has 0 aliphatic carbocycles. The Morgan fingerprint density at radius 1 is 1.21 bits per heavy atom. The number of carbonyl (C=O) groups is 1. The minimum absolute atomic E-state index is 0.101. The number of nitrogens with one attached hydrogen (secondary N) is 1. The standard InChI is InChI=1S/C19H20BrFN2O/c1-14-4-2-3-5-15(14)13-22-8-10-23(11-9-22)19(24)17-12-16(21)6-7-18(17)20/h2-7,12H,8-11,13H2,1H3/p+1. The number of nitrogens with zero attached hydrogens (tertiary/aromatic N) is 1. The molecule has 2 aromatic carbocycles. The minimum atomic E-state index is -0.384. The van der Waals surface area contributed by atoms with Crippen LogP contribution >= 0.6 is 15.9 Å². The number of quaternary nitrogens is 1. The summed E-state index contributed by atoms with van der Waals surface area (Å²) < 4.78 is 14.1. The van der Waals surface area contributed by atoms with Crippen molar-refractivity contribution in [3.05, 3.63) is 69.4 Å². The molecule has 1 fully saturated rings. The fraction of sp³-hybridized carbons (Fsp3) is 0.316. The highest BCUT2D eigenvalue weighted by Gasteiger charge is 2.26. The van der Waals surface area contributed by atoms with Crippen LogP contribution in [-0.2, 0) is 6.54 Å². The van der Waals surface area contributed by atoms with Gasteiger partial charge in [0.25, 0.3) is 5.91 Å². The number of amides is 1. The molecule has 2 aromatic rings. The molecule has 1 amide bonds. The Morgan fingerprint density at radius 3 is 2.62 bits per heavy atom. The summed E-state index contributed by atoms with van der Waals surface area (Å²) >= 11 is 3.34. The van der Waals surface area contributed by atoms with Gasteiger partial charge in [0, 0.05) is 10.0 Å². The lowest BCUT2D eigenvalue weighted by Gasteiger charge is -2.32. The maximum atomic E-state index is 13.4. The Bertz CT molecular complexity index is 742. The second-order valence-electron chi connectivity index (χ2n) is 6.27. The quantitative estimate of drug-likeness (QED) is 0.853. The van der Waals surface area contributed by atoms with Gasteiger partial charge < -0.3 is 9.80 Å². The number of carbonyl (C=O) groups excluding carboxylic acids is 1. The average Bonchev–Trinajstić information content (AvgIpc) is 2.59. The van der Waals surface area contributed by atoms with Gasteiger partial charge in [0.2, 0.25) is 0 Å². The Hall–Kier alpha value is -1.72. The monoisotopic (exact) mass is 391 g/mol. The molecule has 1 heterocycles. The van der Waals surface area contributed by atoms with E-state index in [2.05, 4.69) is 47.1 Å². The molecule has 0 aromatic heterocycles. The van der Waals surface area contributed by atoms with Crippen molar-refractivity contribution in [1.29, 1.82) is 0 Å². The summed E-state index contributed by atoms with van der Waals surface area (Å²) in [6.45, 7) is 6.33. The summed E-state index contributed by atoms with van der Waals surface area (Å²) in [5.74, 6) is -0.485. The third kappa shape index (κ3) is 3.84. The summed E-state index contributed by atoms with van der Waals surface area (Å²) in [6.07, 6.45) is 0. The Morgan fingerprint density at radius 2 is 1.92 bits per heavy atom. The molecule has 3 rings (SSSR count). The average molecular weight is 392 g/mol. The van der Waals surface area contributed by atoms with E-state index in [0.717, 1.165) is 19.6 Å². The predicted molar refractivity (Wildman–Crippen MR) is 95.6 cm³/mol. The number of halogens is 2. The van der Waals surface area contributed by atoms with Gasteiger partial charge in [-0.05, 0) is 46.6 Å². The highest BCUT2D eigenvalue weighted by molar-refractivity contribution is 9.10. The molecule has 0 unspecified atom stereocenters. The molecule has 0 radical (unpaired) electrons. The van der Waals surface area contributed by atoms with Crippen molar-refractivity contribution < 1.29 is 14.1 Å². The van der Waals surface area contributed by atoms with Crippen LogP contribution in [0.1, 0.15) is 21.5 Å². The van der Waals surface area contributed by atoms with Crippen molar-refractivity contribution in [3.63, 3.8) is 0 Å². The number of piperazine rings is 1. The van der Waals surface area contributed by atoms with Crippen molar-refractivity contribution >= 4 is 21.8 Å². The molecule has 0 saturated carbocycles. The van der Waals surface area contributed by atoms with Crippen LogP contribution in [0.25, 0.3) is 0 Å². The van der Waals surface area contributed by atoms with Crippen molar-refractivity contribution in [3.8, 4) is 0 Å². The van der Waals surface area contributed by atoms with Crippen LogP contribution in [0, 0.1) is 12.7 Å². The van der Waals surface area contributed by atoms with Gasteiger partial charge in [-0.25, -0.2) is 4.39 Å². The van der Waals surface area contributed by atoms with E-state index in [1.165, 1.54) is 28.2 Å². The van der Waals surface area contributed by atoms with Crippen LogP contribution in [-0.4, -0.2) is 37.0 Å². The number of benzene rings is 2. The zero-order valence-corrected chi connectivity index (χ0v) is 15.3. The van der Waals surface area contributed by atoms with Gasteiger partial charge in [0.15, 0.2) is 0 Å². The largest absolute Gasteiger partial charge is 0.328 e. The normalized spacial score (nSPS) is 15.5. The molecule has 24 heavy (non-hydrogen) atoms. The molecule has 0 bridgehead atoms. The third-order valence-corrected chi connectivity index (χ3v) is 5.31. The van der Waals surface area contributed by atoms with E-state index in [1.54, 1.807) is 6.07 Å². The first-order chi connectivity index (χ1) is 11.5. The summed E-state index contributed by atoms with van der Waals surface area (Å²) in [6, 6.07) is 12.7. The van der Waals surface area contributed by atoms with E-state index < -0.39 is 0 Å². The van der Waals surface area contributed by atoms with Gasteiger partial charge in [0.05, 0.1) is 31.7 Å². The minimum Gasteiger partial charge on any atom is -0.328 e. The first kappa shape index (κ1) is 17.1. The van der Waals surface area contributed by atoms with Crippen LogP contribution in [0.2, 0.25) is 0 Å². The Labute approximate surface area is 150 Å². The number of hydrogen-bond acceptors (Lipinski definition) is 1. The molecule has 5 heteroatoms. The summed E-state index contributed by atoms with van der Waals surface area (Å²) in [7, 11) is 0. The topological polar surface area (TPSA) is 24.8 Å². The first-order valence-corrected chi connectivity index (χ1v) is 8.96. The van der Waals surface area contributed by atoms with E-state index in [4.69, 9.17) is 0 Å². The smallest absolute Gasteiger partial charge is 0.255 e. The maximum absolute atomic E-state index is 13.4. The first-order valence-electron chi connectivity index (χ1n) is 8.17. The van der Waals surface area contributed by atoms with Gasteiger partial charge in [-0.2, -0.15) is 0 Å². The SMILES string of the molecule is Cc1ccccc1C[NH+]1CCN(C(=O)c2cc(F)ccc2Br)CC1. The van der Waals surface area contributed by atoms with E-state index >= 15 is 0 Å². The molecule has 126 valence electrons. The fourth-order valence-corrected chi connectivity index (χ4v) is 3.53. The molecular weight excluding hydrogens is 371 g/mol.